The number of sulfonamides is 1. The molecule has 8 nitrogen and oxygen atoms in total. The van der Waals surface area contributed by atoms with E-state index in [1.807, 2.05) is 18.7 Å². The summed E-state index contributed by atoms with van der Waals surface area (Å²) in [4.78, 5) is 12.0. The van der Waals surface area contributed by atoms with Crippen molar-refractivity contribution < 1.29 is 13.3 Å². The minimum Gasteiger partial charge on any atom is -0.360 e. The van der Waals surface area contributed by atoms with Gasteiger partial charge in [0, 0.05) is 38.3 Å². The van der Waals surface area contributed by atoms with Crippen LogP contribution in [-0.2, 0) is 10.0 Å². The molecule has 0 aliphatic carbocycles. The predicted octanol–water partition coefficient (Wildman–Crippen LogP) is 1.18. The first-order valence-electron chi connectivity index (χ1n) is 7.52. The van der Waals surface area contributed by atoms with Gasteiger partial charge in [0.05, 0.1) is 4.92 Å². The number of nitro benzene ring substituents is 1. The van der Waals surface area contributed by atoms with Gasteiger partial charge in [0.2, 0.25) is 10.0 Å². The van der Waals surface area contributed by atoms with E-state index >= 15 is 0 Å². The number of thiocarbonyl (C=S) groups is 1. The number of benzene rings is 1. The number of rotatable bonds is 4. The van der Waals surface area contributed by atoms with Gasteiger partial charge in [0.15, 0.2) is 10.0 Å². The second-order valence-electron chi connectivity index (χ2n) is 5.72. The van der Waals surface area contributed by atoms with Crippen LogP contribution in [-0.4, -0.2) is 59.9 Å². The number of hydrogen-bond donors (Lipinski definition) is 1. The molecule has 0 bridgehead atoms. The third kappa shape index (κ3) is 4.00. The molecule has 1 fully saturated rings. The van der Waals surface area contributed by atoms with Gasteiger partial charge >= 0.3 is 0 Å². The molecule has 0 amide bonds. The SMILES string of the molecule is CC(C)NC(=S)N1CCN(S(=O)(=O)c2ccccc2[N+](=O)[O-])CC1. The fraction of sp³-hybridized carbons (Fsp3) is 0.500. The van der Waals surface area contributed by atoms with E-state index in [2.05, 4.69) is 5.32 Å². The highest BCUT2D eigenvalue weighted by molar-refractivity contribution is 7.89. The largest absolute Gasteiger partial charge is 0.360 e. The highest BCUT2D eigenvalue weighted by atomic mass is 32.2. The monoisotopic (exact) mass is 372 g/mol. The van der Waals surface area contributed by atoms with Gasteiger partial charge in [-0.2, -0.15) is 4.31 Å². The van der Waals surface area contributed by atoms with E-state index in [1.165, 1.54) is 28.6 Å². The Morgan fingerprint density at radius 1 is 1.25 bits per heavy atom. The highest BCUT2D eigenvalue weighted by Gasteiger charge is 2.33. The zero-order valence-electron chi connectivity index (χ0n) is 13.5. The second kappa shape index (κ2) is 7.41. The Morgan fingerprint density at radius 2 is 1.83 bits per heavy atom. The number of hydrogen-bond acceptors (Lipinski definition) is 5. The molecule has 1 saturated heterocycles. The van der Waals surface area contributed by atoms with Crippen LogP contribution in [0.1, 0.15) is 13.8 Å². The van der Waals surface area contributed by atoms with Gasteiger partial charge in [0.25, 0.3) is 5.69 Å². The van der Waals surface area contributed by atoms with Gasteiger partial charge in [-0.1, -0.05) is 12.1 Å². The van der Waals surface area contributed by atoms with Crippen LogP contribution in [0.5, 0.6) is 0 Å². The van der Waals surface area contributed by atoms with Crippen molar-refractivity contribution in [3.63, 3.8) is 0 Å². The summed E-state index contributed by atoms with van der Waals surface area (Å²) in [6.45, 7) is 5.29. The van der Waals surface area contributed by atoms with E-state index in [1.54, 1.807) is 0 Å². The predicted molar refractivity (Wildman–Crippen MR) is 94.3 cm³/mol. The number of piperazine rings is 1. The maximum atomic E-state index is 12.7. The van der Waals surface area contributed by atoms with Crippen LogP contribution in [0, 0.1) is 10.1 Å². The quantitative estimate of drug-likeness (QED) is 0.482. The van der Waals surface area contributed by atoms with Crippen LogP contribution in [0.2, 0.25) is 0 Å². The van der Waals surface area contributed by atoms with E-state index in [9.17, 15) is 18.5 Å². The summed E-state index contributed by atoms with van der Waals surface area (Å²) in [5, 5.41) is 14.8. The number of nitro groups is 1. The van der Waals surface area contributed by atoms with Gasteiger partial charge < -0.3 is 10.2 Å². The van der Waals surface area contributed by atoms with Crippen LogP contribution in [0.4, 0.5) is 5.69 Å². The second-order valence-corrected chi connectivity index (χ2v) is 8.01. The molecule has 24 heavy (non-hydrogen) atoms. The standard InChI is InChI=1S/C14H20N4O4S2/c1-11(2)15-14(23)16-7-9-17(10-8-16)24(21,22)13-6-4-3-5-12(13)18(19)20/h3-6,11H,7-10H2,1-2H3,(H,15,23). The zero-order chi connectivity index (χ0) is 17.9. The first-order valence-corrected chi connectivity index (χ1v) is 9.37. The minimum atomic E-state index is -3.91. The molecular weight excluding hydrogens is 352 g/mol. The van der Waals surface area contributed by atoms with Gasteiger partial charge in [-0.15, -0.1) is 0 Å². The molecule has 1 aromatic rings. The molecule has 1 N–H and O–H groups in total. The summed E-state index contributed by atoms with van der Waals surface area (Å²) in [7, 11) is -3.91. The van der Waals surface area contributed by atoms with Crippen molar-refractivity contribution in [3.8, 4) is 0 Å². The molecule has 1 aliphatic heterocycles. The molecule has 1 heterocycles. The van der Waals surface area contributed by atoms with Crippen LogP contribution >= 0.6 is 12.2 Å². The van der Waals surface area contributed by atoms with Crippen LogP contribution in [0.25, 0.3) is 0 Å². The van der Waals surface area contributed by atoms with Crippen molar-refractivity contribution in [2.24, 2.45) is 0 Å². The Balaban J connectivity index is 2.14. The van der Waals surface area contributed by atoms with Gasteiger partial charge in [-0.25, -0.2) is 8.42 Å². The Hall–Kier alpha value is -1.78. The molecular formula is C14H20N4O4S2. The Labute approximate surface area is 146 Å². The highest BCUT2D eigenvalue weighted by Crippen LogP contribution is 2.26. The zero-order valence-corrected chi connectivity index (χ0v) is 15.1. The molecule has 0 atom stereocenters. The molecule has 10 heteroatoms. The molecule has 0 aromatic heterocycles. The van der Waals surface area contributed by atoms with Gasteiger partial charge in [0.1, 0.15) is 0 Å². The molecule has 0 spiro atoms. The van der Waals surface area contributed by atoms with Crippen LogP contribution < -0.4 is 5.32 Å². The summed E-state index contributed by atoms with van der Waals surface area (Å²) in [5.41, 5.74) is -0.406. The maximum absolute atomic E-state index is 12.7. The average Bonchev–Trinajstić information content (AvgIpc) is 2.54. The molecule has 0 unspecified atom stereocenters. The fourth-order valence-electron chi connectivity index (χ4n) is 2.43. The third-order valence-electron chi connectivity index (χ3n) is 3.62. The van der Waals surface area contributed by atoms with Crippen molar-refractivity contribution in [3.05, 3.63) is 34.4 Å². The lowest BCUT2D eigenvalue weighted by molar-refractivity contribution is -0.387. The molecule has 1 aliphatic rings. The molecule has 2 rings (SSSR count). The normalized spacial score (nSPS) is 16.2. The first-order chi connectivity index (χ1) is 11.2. The topological polar surface area (TPSA) is 95.8 Å². The molecule has 1 aromatic carbocycles. The van der Waals surface area contributed by atoms with E-state index < -0.39 is 20.6 Å². The minimum absolute atomic E-state index is 0.200. The molecule has 0 saturated carbocycles. The fourth-order valence-corrected chi connectivity index (χ4v) is 4.43. The first kappa shape index (κ1) is 18.6. The van der Waals surface area contributed by atoms with Gasteiger partial charge in [-0.3, -0.25) is 10.1 Å². The van der Waals surface area contributed by atoms with Crippen LogP contribution in [0.3, 0.4) is 0 Å². The molecule has 132 valence electrons. The Morgan fingerprint density at radius 3 is 2.38 bits per heavy atom. The van der Waals surface area contributed by atoms with Crippen molar-refractivity contribution >= 4 is 33.0 Å². The van der Waals surface area contributed by atoms with E-state index in [4.69, 9.17) is 12.2 Å². The van der Waals surface area contributed by atoms with E-state index in [0.717, 1.165) is 0 Å². The maximum Gasteiger partial charge on any atom is 0.289 e. The van der Waals surface area contributed by atoms with Crippen LogP contribution in [0.15, 0.2) is 29.2 Å². The lowest BCUT2D eigenvalue weighted by Crippen LogP contribution is -2.53. The summed E-state index contributed by atoms with van der Waals surface area (Å²) in [6, 6.07) is 5.60. The molecule has 0 radical (unpaired) electrons. The Kier molecular flexibility index (Phi) is 5.73. The number of nitrogens with one attached hydrogen (secondary N) is 1. The summed E-state index contributed by atoms with van der Waals surface area (Å²) in [6.07, 6.45) is 0. The smallest absolute Gasteiger partial charge is 0.289 e. The Bertz CT molecular complexity index is 728. The number of para-hydroxylation sites is 1. The van der Waals surface area contributed by atoms with E-state index in [-0.39, 0.29) is 24.0 Å². The average molecular weight is 372 g/mol. The van der Waals surface area contributed by atoms with Crippen molar-refractivity contribution in [2.75, 3.05) is 26.2 Å². The summed E-state index contributed by atoms with van der Waals surface area (Å²) < 4.78 is 26.7. The summed E-state index contributed by atoms with van der Waals surface area (Å²) in [5.74, 6) is 0. The lowest BCUT2D eigenvalue weighted by atomic mass is 10.3. The third-order valence-corrected chi connectivity index (χ3v) is 5.94. The van der Waals surface area contributed by atoms with Crippen molar-refractivity contribution in [2.45, 2.75) is 24.8 Å². The van der Waals surface area contributed by atoms with Gasteiger partial charge in [-0.05, 0) is 32.1 Å². The summed E-state index contributed by atoms with van der Waals surface area (Å²) >= 11 is 5.29. The number of nitrogens with zero attached hydrogens (tertiary/aromatic N) is 3. The lowest BCUT2D eigenvalue weighted by Gasteiger charge is -2.35. The van der Waals surface area contributed by atoms with Crippen molar-refractivity contribution in [1.29, 1.82) is 0 Å². The van der Waals surface area contributed by atoms with E-state index in [0.29, 0.717) is 18.2 Å². The van der Waals surface area contributed by atoms with Crippen molar-refractivity contribution in [1.82, 2.24) is 14.5 Å².